The molecule has 0 fully saturated rings. The molecule has 2 aromatic rings. The Balaban J connectivity index is 2.37. The Labute approximate surface area is 126 Å². The van der Waals surface area contributed by atoms with Crippen molar-refractivity contribution in [3.8, 4) is 0 Å². The van der Waals surface area contributed by atoms with Crippen LogP contribution in [0.2, 0.25) is 10.0 Å². The lowest BCUT2D eigenvalue weighted by molar-refractivity contribution is 0.467. The molecule has 7 heteroatoms. The molecule has 1 aromatic carbocycles. The van der Waals surface area contributed by atoms with Crippen LogP contribution in [-0.4, -0.2) is 19.8 Å². The highest BCUT2D eigenvalue weighted by Crippen LogP contribution is 2.31. The van der Waals surface area contributed by atoms with E-state index < -0.39 is 10.0 Å². The molecule has 102 valence electrons. The highest BCUT2D eigenvalue weighted by molar-refractivity contribution is 7.89. The second kappa shape index (κ2) is 5.81. The Bertz CT molecular complexity index is 649. The summed E-state index contributed by atoms with van der Waals surface area (Å²) in [6.07, 6.45) is 0. The van der Waals surface area contributed by atoms with Gasteiger partial charge >= 0.3 is 0 Å². The van der Waals surface area contributed by atoms with Gasteiger partial charge in [-0.1, -0.05) is 29.3 Å². The fraction of sp³-hybridized carbons (Fsp3) is 0.167. The Morgan fingerprint density at radius 2 is 1.84 bits per heavy atom. The van der Waals surface area contributed by atoms with Crippen LogP contribution >= 0.6 is 34.5 Å². The van der Waals surface area contributed by atoms with Crippen LogP contribution in [0.3, 0.4) is 0 Å². The summed E-state index contributed by atoms with van der Waals surface area (Å²) in [5, 5.41) is 4.06. The third-order valence-electron chi connectivity index (χ3n) is 2.57. The highest BCUT2D eigenvalue weighted by Gasteiger charge is 2.26. The van der Waals surface area contributed by atoms with Crippen molar-refractivity contribution in [3.63, 3.8) is 0 Å². The maximum absolute atomic E-state index is 12.5. The Morgan fingerprint density at radius 1 is 1.21 bits per heavy atom. The van der Waals surface area contributed by atoms with Crippen LogP contribution in [0, 0.1) is 0 Å². The number of thiophene rings is 1. The summed E-state index contributed by atoms with van der Waals surface area (Å²) >= 11 is 13.4. The topological polar surface area (TPSA) is 37.4 Å². The molecule has 0 N–H and O–H groups in total. The fourth-order valence-corrected chi connectivity index (χ4v) is 4.51. The number of sulfonamides is 1. The zero-order chi connectivity index (χ0) is 14.0. The van der Waals surface area contributed by atoms with Crippen molar-refractivity contribution in [2.75, 3.05) is 7.05 Å². The first-order valence-corrected chi connectivity index (χ1v) is 8.48. The first kappa shape index (κ1) is 14.8. The molecule has 0 aliphatic rings. The Morgan fingerprint density at radius 3 is 2.37 bits per heavy atom. The molecule has 0 unspecified atom stereocenters. The van der Waals surface area contributed by atoms with Crippen molar-refractivity contribution in [2.45, 2.75) is 11.4 Å². The van der Waals surface area contributed by atoms with Gasteiger partial charge in [-0.3, -0.25) is 0 Å². The van der Waals surface area contributed by atoms with E-state index >= 15 is 0 Å². The van der Waals surface area contributed by atoms with E-state index in [9.17, 15) is 8.42 Å². The van der Waals surface area contributed by atoms with Gasteiger partial charge < -0.3 is 0 Å². The van der Waals surface area contributed by atoms with Gasteiger partial charge in [-0.15, -0.1) is 0 Å². The summed E-state index contributed by atoms with van der Waals surface area (Å²) in [6, 6.07) is 6.52. The maximum atomic E-state index is 12.5. The van der Waals surface area contributed by atoms with Gasteiger partial charge in [0.1, 0.15) is 4.90 Å². The lowest BCUT2D eigenvalue weighted by Gasteiger charge is -2.18. The van der Waals surface area contributed by atoms with Gasteiger partial charge in [0.05, 0.1) is 10.0 Å². The molecule has 0 amide bonds. The molecule has 3 nitrogen and oxygen atoms in total. The minimum atomic E-state index is -3.70. The van der Waals surface area contributed by atoms with E-state index in [1.54, 1.807) is 6.07 Å². The summed E-state index contributed by atoms with van der Waals surface area (Å²) in [5.74, 6) is 0. The van der Waals surface area contributed by atoms with Gasteiger partial charge in [-0.25, -0.2) is 8.42 Å². The highest BCUT2D eigenvalue weighted by atomic mass is 35.5. The van der Waals surface area contributed by atoms with Crippen molar-refractivity contribution in [3.05, 3.63) is 50.6 Å². The van der Waals surface area contributed by atoms with Crippen molar-refractivity contribution < 1.29 is 8.42 Å². The van der Waals surface area contributed by atoms with E-state index in [-0.39, 0.29) is 21.5 Å². The second-order valence-electron chi connectivity index (χ2n) is 3.94. The molecule has 1 aromatic heterocycles. The number of hydrogen-bond donors (Lipinski definition) is 0. The molecule has 0 radical (unpaired) electrons. The molecule has 2 rings (SSSR count). The van der Waals surface area contributed by atoms with E-state index in [1.165, 1.54) is 34.8 Å². The van der Waals surface area contributed by atoms with E-state index in [1.807, 2.05) is 16.8 Å². The number of rotatable bonds is 4. The van der Waals surface area contributed by atoms with Crippen molar-refractivity contribution in [1.29, 1.82) is 0 Å². The van der Waals surface area contributed by atoms with Crippen LogP contribution < -0.4 is 0 Å². The number of hydrogen-bond acceptors (Lipinski definition) is 3. The number of halogens is 2. The Kier molecular flexibility index (Phi) is 4.53. The fourth-order valence-electron chi connectivity index (χ4n) is 1.61. The summed E-state index contributed by atoms with van der Waals surface area (Å²) in [6.45, 7) is 0.285. The molecule has 1 heterocycles. The van der Waals surface area contributed by atoms with Gasteiger partial charge in [0.25, 0.3) is 0 Å². The summed E-state index contributed by atoms with van der Waals surface area (Å²) in [5.41, 5.74) is 0.930. The summed E-state index contributed by atoms with van der Waals surface area (Å²) < 4.78 is 26.2. The molecular weight excluding hydrogens is 325 g/mol. The van der Waals surface area contributed by atoms with Crippen molar-refractivity contribution in [1.82, 2.24) is 4.31 Å². The second-order valence-corrected chi connectivity index (χ2v) is 7.52. The third-order valence-corrected chi connectivity index (χ3v) is 6.06. The summed E-state index contributed by atoms with van der Waals surface area (Å²) in [4.78, 5) is -0.0453. The number of nitrogens with zero attached hydrogens (tertiary/aromatic N) is 1. The maximum Gasteiger partial charge on any atom is 0.246 e. The van der Waals surface area contributed by atoms with Crippen molar-refractivity contribution >= 4 is 44.6 Å². The molecular formula is C12H11Cl2NO2S2. The predicted octanol–water partition coefficient (Wildman–Crippen LogP) is 3.88. The third kappa shape index (κ3) is 3.12. The monoisotopic (exact) mass is 335 g/mol. The zero-order valence-corrected chi connectivity index (χ0v) is 13.2. The lowest BCUT2D eigenvalue weighted by Crippen LogP contribution is -2.26. The Hall–Kier alpha value is -0.590. The molecule has 0 aliphatic heterocycles. The minimum Gasteiger partial charge on any atom is -0.207 e. The van der Waals surface area contributed by atoms with Crippen LogP contribution in [0.15, 0.2) is 39.9 Å². The smallest absolute Gasteiger partial charge is 0.207 e. The number of benzene rings is 1. The van der Waals surface area contributed by atoms with Crippen molar-refractivity contribution in [2.24, 2.45) is 0 Å². The van der Waals surface area contributed by atoms with Crippen LogP contribution in [-0.2, 0) is 16.6 Å². The van der Waals surface area contributed by atoms with Crippen LogP contribution in [0.25, 0.3) is 0 Å². The average Bonchev–Trinajstić information content (AvgIpc) is 2.81. The molecule has 0 saturated heterocycles. The first-order chi connectivity index (χ1) is 8.93. The predicted molar refractivity (Wildman–Crippen MR) is 79.4 cm³/mol. The lowest BCUT2D eigenvalue weighted by atomic mass is 10.3. The normalized spacial score (nSPS) is 12.0. The molecule has 0 saturated carbocycles. The quantitative estimate of drug-likeness (QED) is 0.850. The molecule has 0 aliphatic carbocycles. The van der Waals surface area contributed by atoms with Gasteiger partial charge in [0.2, 0.25) is 10.0 Å². The SMILES string of the molecule is CN(Cc1ccsc1)S(=O)(=O)c1c(Cl)cccc1Cl. The largest absolute Gasteiger partial charge is 0.246 e. The molecule has 19 heavy (non-hydrogen) atoms. The van der Waals surface area contributed by atoms with Gasteiger partial charge in [-0.05, 0) is 34.5 Å². The minimum absolute atomic E-state index is 0.0453. The molecule has 0 atom stereocenters. The molecule has 0 spiro atoms. The van der Waals surface area contributed by atoms with E-state index in [2.05, 4.69) is 0 Å². The standard InChI is InChI=1S/C12H11Cl2NO2S2/c1-15(7-9-5-6-18-8-9)19(16,17)12-10(13)3-2-4-11(12)14/h2-6,8H,7H2,1H3. The zero-order valence-electron chi connectivity index (χ0n) is 10.0. The van der Waals surface area contributed by atoms with Crippen LogP contribution in [0.1, 0.15) is 5.56 Å². The van der Waals surface area contributed by atoms with Crippen LogP contribution in [0.4, 0.5) is 0 Å². The van der Waals surface area contributed by atoms with Crippen LogP contribution in [0.5, 0.6) is 0 Å². The van der Waals surface area contributed by atoms with Gasteiger partial charge in [0.15, 0.2) is 0 Å². The van der Waals surface area contributed by atoms with E-state index in [0.29, 0.717) is 0 Å². The van der Waals surface area contributed by atoms with Gasteiger partial charge in [-0.2, -0.15) is 15.6 Å². The first-order valence-electron chi connectivity index (χ1n) is 5.34. The molecule has 0 bridgehead atoms. The van der Waals surface area contributed by atoms with E-state index in [4.69, 9.17) is 23.2 Å². The average molecular weight is 336 g/mol. The summed E-state index contributed by atoms with van der Waals surface area (Å²) in [7, 11) is -2.20. The van der Waals surface area contributed by atoms with Gasteiger partial charge in [0, 0.05) is 13.6 Å². The van der Waals surface area contributed by atoms with E-state index in [0.717, 1.165) is 5.56 Å².